The van der Waals surface area contributed by atoms with Crippen LogP contribution in [-0.4, -0.2) is 33.3 Å². The van der Waals surface area contributed by atoms with Crippen molar-refractivity contribution in [3.63, 3.8) is 0 Å². The Labute approximate surface area is 172 Å². The molecule has 2 aromatic carbocycles. The average Bonchev–Trinajstić information content (AvgIpc) is 3.06. The first-order chi connectivity index (χ1) is 13.9. The molecular weight excluding hydrogens is 397 g/mol. The van der Waals surface area contributed by atoms with E-state index in [0.717, 1.165) is 10.9 Å². The molecule has 1 amide bonds. The van der Waals surface area contributed by atoms with Gasteiger partial charge in [-0.05, 0) is 42.3 Å². The number of nitrogens with zero attached hydrogens (tertiary/aromatic N) is 2. The Balaban J connectivity index is 1.52. The maximum atomic E-state index is 13.5. The number of aromatic nitrogens is 2. The second-order valence-electron chi connectivity index (χ2n) is 6.83. The van der Waals surface area contributed by atoms with Crippen LogP contribution < -0.4 is 5.32 Å². The molecule has 0 saturated heterocycles. The summed E-state index contributed by atoms with van der Waals surface area (Å²) in [7, 11) is 0. The fourth-order valence-corrected chi connectivity index (χ4v) is 3.42. The van der Waals surface area contributed by atoms with Gasteiger partial charge >= 0.3 is 5.97 Å². The summed E-state index contributed by atoms with van der Waals surface area (Å²) in [6.07, 6.45) is 2.16. The van der Waals surface area contributed by atoms with Gasteiger partial charge in [0.2, 0.25) is 5.91 Å². The number of amides is 1. The van der Waals surface area contributed by atoms with Gasteiger partial charge in [0.05, 0.1) is 18.1 Å². The zero-order valence-electron chi connectivity index (χ0n) is 15.6. The molecule has 3 rings (SSSR count). The number of carboxylic acids is 1. The number of aryl methyl sites for hydroxylation is 1. The highest BCUT2D eigenvalue weighted by Crippen LogP contribution is 2.24. The lowest BCUT2D eigenvalue weighted by molar-refractivity contribution is -0.137. The van der Waals surface area contributed by atoms with E-state index in [4.69, 9.17) is 16.7 Å². The Bertz CT molecular complexity index is 1020. The molecule has 0 fully saturated rings. The van der Waals surface area contributed by atoms with Crippen LogP contribution in [-0.2, 0) is 16.1 Å². The molecule has 1 unspecified atom stereocenters. The highest BCUT2D eigenvalue weighted by molar-refractivity contribution is 6.31. The van der Waals surface area contributed by atoms with Gasteiger partial charge in [0, 0.05) is 35.8 Å². The molecular formula is C21H21ClFN3O3. The summed E-state index contributed by atoms with van der Waals surface area (Å²) in [4.78, 5) is 23.4. The number of hydrogen-bond donors (Lipinski definition) is 2. The second-order valence-corrected chi connectivity index (χ2v) is 7.26. The molecule has 6 nitrogen and oxygen atoms in total. The van der Waals surface area contributed by atoms with Crippen LogP contribution >= 0.6 is 11.6 Å². The molecule has 1 atom stereocenters. The van der Waals surface area contributed by atoms with E-state index in [2.05, 4.69) is 10.4 Å². The van der Waals surface area contributed by atoms with E-state index in [1.165, 1.54) is 18.2 Å². The van der Waals surface area contributed by atoms with Crippen LogP contribution in [0.25, 0.3) is 10.9 Å². The van der Waals surface area contributed by atoms with Crippen molar-refractivity contribution in [3.05, 3.63) is 65.1 Å². The first-order valence-corrected chi connectivity index (χ1v) is 9.65. The molecule has 8 heteroatoms. The highest BCUT2D eigenvalue weighted by Gasteiger charge is 2.19. The first kappa shape index (κ1) is 20.8. The van der Waals surface area contributed by atoms with Gasteiger partial charge in [0.25, 0.3) is 0 Å². The van der Waals surface area contributed by atoms with Gasteiger partial charge in [-0.1, -0.05) is 23.7 Å². The van der Waals surface area contributed by atoms with E-state index in [1.54, 1.807) is 12.3 Å². The number of fused-ring (bicyclic) bond motifs is 1. The molecule has 0 radical (unpaired) electrons. The highest BCUT2D eigenvalue weighted by atomic mass is 35.5. The summed E-state index contributed by atoms with van der Waals surface area (Å²) in [6, 6.07) is 11.3. The van der Waals surface area contributed by atoms with Crippen LogP contribution in [0, 0.1) is 5.82 Å². The number of carbonyl (C=O) groups excluding carboxylic acids is 1. The number of carbonyl (C=O) groups is 2. The summed E-state index contributed by atoms with van der Waals surface area (Å²) in [5, 5.41) is 17.9. The molecule has 1 aromatic heterocycles. The Morgan fingerprint density at radius 1 is 1.21 bits per heavy atom. The number of carboxylic acid groups (broad SMARTS) is 1. The van der Waals surface area contributed by atoms with Crippen LogP contribution in [0.4, 0.5) is 4.39 Å². The zero-order chi connectivity index (χ0) is 20.8. The van der Waals surface area contributed by atoms with Crippen molar-refractivity contribution in [2.45, 2.75) is 31.7 Å². The van der Waals surface area contributed by atoms with Gasteiger partial charge < -0.3 is 10.4 Å². The maximum Gasteiger partial charge on any atom is 0.303 e. The molecule has 29 heavy (non-hydrogen) atoms. The van der Waals surface area contributed by atoms with Crippen LogP contribution in [0.3, 0.4) is 0 Å². The largest absolute Gasteiger partial charge is 0.481 e. The lowest BCUT2D eigenvalue weighted by Gasteiger charge is -2.15. The smallest absolute Gasteiger partial charge is 0.303 e. The molecule has 2 N–H and O–H groups in total. The number of halogens is 2. The molecule has 0 bridgehead atoms. The van der Waals surface area contributed by atoms with Crippen LogP contribution in [0.15, 0.2) is 48.7 Å². The van der Waals surface area contributed by atoms with Crippen molar-refractivity contribution < 1.29 is 19.1 Å². The monoisotopic (exact) mass is 417 g/mol. The minimum absolute atomic E-state index is 0.0178. The molecule has 1 heterocycles. The van der Waals surface area contributed by atoms with E-state index < -0.39 is 17.7 Å². The van der Waals surface area contributed by atoms with E-state index in [1.807, 2.05) is 22.9 Å². The lowest BCUT2D eigenvalue weighted by atomic mass is 9.92. The summed E-state index contributed by atoms with van der Waals surface area (Å²) in [6.45, 7) is 1.02. The normalized spacial score (nSPS) is 12.1. The topological polar surface area (TPSA) is 84.2 Å². The Kier molecular flexibility index (Phi) is 6.82. The summed E-state index contributed by atoms with van der Waals surface area (Å²) in [5.74, 6) is -2.34. The number of aliphatic carboxylic acids is 1. The molecule has 152 valence electrons. The van der Waals surface area contributed by atoms with Gasteiger partial charge in [-0.3, -0.25) is 14.3 Å². The van der Waals surface area contributed by atoms with Gasteiger partial charge in [-0.2, -0.15) is 5.10 Å². The standard InChI is InChI=1S/C21H21ClFN3O3/c22-17-6-5-15-13-25-26(19(15)12-17)8-2-7-24-20(27)10-16(11-21(28)29)14-3-1-4-18(23)9-14/h1,3-6,9,12-13,16H,2,7-8,10-11H2,(H,24,27)(H,28,29). The van der Waals surface area contributed by atoms with E-state index in [-0.39, 0.29) is 18.7 Å². The van der Waals surface area contributed by atoms with Gasteiger partial charge in [0.1, 0.15) is 5.82 Å². The molecule has 0 spiro atoms. The SMILES string of the molecule is O=C(O)CC(CC(=O)NCCCn1ncc2ccc(Cl)cc21)c1cccc(F)c1. The van der Waals surface area contributed by atoms with E-state index in [9.17, 15) is 14.0 Å². The van der Waals surface area contributed by atoms with Crippen LogP contribution in [0.2, 0.25) is 5.02 Å². The van der Waals surface area contributed by atoms with E-state index >= 15 is 0 Å². The predicted molar refractivity (Wildman–Crippen MR) is 108 cm³/mol. The van der Waals surface area contributed by atoms with E-state index in [0.29, 0.717) is 30.1 Å². The summed E-state index contributed by atoms with van der Waals surface area (Å²) < 4.78 is 15.3. The fraction of sp³-hybridized carbons (Fsp3) is 0.286. The Morgan fingerprint density at radius 2 is 2.03 bits per heavy atom. The van der Waals surface area contributed by atoms with Gasteiger partial charge in [-0.25, -0.2) is 4.39 Å². The first-order valence-electron chi connectivity index (χ1n) is 9.27. The van der Waals surface area contributed by atoms with Crippen LogP contribution in [0.1, 0.15) is 30.7 Å². The summed E-state index contributed by atoms with van der Waals surface area (Å²) >= 11 is 6.03. The van der Waals surface area contributed by atoms with Crippen LogP contribution in [0.5, 0.6) is 0 Å². The third-order valence-electron chi connectivity index (χ3n) is 4.65. The number of benzene rings is 2. The number of rotatable bonds is 9. The van der Waals surface area contributed by atoms with Crippen molar-refractivity contribution >= 4 is 34.4 Å². The molecule has 0 aliphatic rings. The molecule has 0 aliphatic heterocycles. The number of nitrogens with one attached hydrogen (secondary N) is 1. The minimum atomic E-state index is -1.03. The third kappa shape index (κ3) is 5.77. The Morgan fingerprint density at radius 3 is 2.79 bits per heavy atom. The summed E-state index contributed by atoms with van der Waals surface area (Å²) in [5.41, 5.74) is 1.43. The van der Waals surface area contributed by atoms with Gasteiger partial charge in [-0.15, -0.1) is 0 Å². The minimum Gasteiger partial charge on any atom is -0.481 e. The average molecular weight is 418 g/mol. The van der Waals surface area contributed by atoms with Crippen molar-refractivity contribution in [3.8, 4) is 0 Å². The predicted octanol–water partition coefficient (Wildman–Crippen LogP) is 3.98. The lowest BCUT2D eigenvalue weighted by Crippen LogP contribution is -2.27. The molecule has 0 aliphatic carbocycles. The van der Waals surface area contributed by atoms with Crippen molar-refractivity contribution in [1.82, 2.24) is 15.1 Å². The fourth-order valence-electron chi connectivity index (χ4n) is 3.25. The van der Waals surface area contributed by atoms with Gasteiger partial charge in [0.15, 0.2) is 0 Å². The number of hydrogen-bond acceptors (Lipinski definition) is 3. The molecule has 0 saturated carbocycles. The Hall–Kier alpha value is -2.93. The van der Waals surface area contributed by atoms with Crippen molar-refractivity contribution in [2.75, 3.05) is 6.54 Å². The molecule has 3 aromatic rings. The van der Waals surface area contributed by atoms with Crippen molar-refractivity contribution in [1.29, 1.82) is 0 Å². The van der Waals surface area contributed by atoms with Crippen molar-refractivity contribution in [2.24, 2.45) is 0 Å². The quantitative estimate of drug-likeness (QED) is 0.516. The maximum absolute atomic E-state index is 13.5. The zero-order valence-corrected chi connectivity index (χ0v) is 16.4. The second kappa shape index (κ2) is 9.52. The third-order valence-corrected chi connectivity index (χ3v) is 4.88.